The molecule has 0 saturated carbocycles. The molecule has 0 radical (unpaired) electrons. The van der Waals surface area contributed by atoms with Crippen LogP contribution in [0.2, 0.25) is 0 Å². The first-order valence-electron chi connectivity index (χ1n) is 8.07. The van der Waals surface area contributed by atoms with Crippen LogP contribution in [0.3, 0.4) is 0 Å². The lowest BCUT2D eigenvalue weighted by atomic mass is 10.0. The molecule has 0 saturated heterocycles. The van der Waals surface area contributed by atoms with Gasteiger partial charge < -0.3 is 0 Å². The van der Waals surface area contributed by atoms with Crippen molar-refractivity contribution in [3.8, 4) is 0 Å². The maximum Gasteiger partial charge on any atom is 0.0541 e. The molecule has 0 atom stereocenters. The first-order valence-corrected chi connectivity index (χ1v) is 11.3. The molecule has 0 bridgehead atoms. The third-order valence-electron chi connectivity index (χ3n) is 4.14. The largest absolute Gasteiger partial charge is 0.0815 e. The quantitative estimate of drug-likeness (QED) is 0.514. The van der Waals surface area contributed by atoms with E-state index < -0.39 is 0 Å². The minimum atomic E-state index is 0.377. The number of thioether (sulfide) groups is 4. The van der Waals surface area contributed by atoms with Gasteiger partial charge in [-0.25, -0.2) is 0 Å². The summed E-state index contributed by atoms with van der Waals surface area (Å²) >= 11 is 7.60. The molecule has 0 aromatic heterocycles. The molecule has 0 spiro atoms. The van der Waals surface area contributed by atoms with Crippen LogP contribution in [0.1, 0.15) is 0 Å². The molecule has 0 unspecified atom stereocenters. The van der Waals surface area contributed by atoms with Crippen molar-refractivity contribution in [2.24, 2.45) is 5.92 Å². The maximum atomic E-state index is 2.40. The van der Waals surface area contributed by atoms with Gasteiger partial charge in [0.25, 0.3) is 0 Å². The van der Waals surface area contributed by atoms with Crippen molar-refractivity contribution >= 4 is 47.0 Å². The van der Waals surface area contributed by atoms with Crippen LogP contribution in [0, 0.1) is 5.92 Å². The van der Waals surface area contributed by atoms with Crippen molar-refractivity contribution in [3.05, 3.63) is 93.0 Å². The Morgan fingerprint density at radius 1 is 0.680 bits per heavy atom. The molecule has 0 N–H and O–H groups in total. The molecule has 2 heterocycles. The summed E-state index contributed by atoms with van der Waals surface area (Å²) in [7, 11) is 0. The fourth-order valence-electron chi connectivity index (χ4n) is 2.93. The first kappa shape index (κ1) is 16.0. The molecule has 1 aliphatic carbocycles. The van der Waals surface area contributed by atoms with E-state index in [-0.39, 0.29) is 0 Å². The van der Waals surface area contributed by atoms with Crippen molar-refractivity contribution in [2.45, 2.75) is 19.6 Å². The van der Waals surface area contributed by atoms with Gasteiger partial charge in [0.15, 0.2) is 0 Å². The highest BCUT2D eigenvalue weighted by atomic mass is 32.2. The third kappa shape index (κ3) is 3.17. The lowest BCUT2D eigenvalue weighted by molar-refractivity contribution is 1.03. The summed E-state index contributed by atoms with van der Waals surface area (Å²) in [6.07, 6.45) is 11.3. The molecule has 0 nitrogen and oxygen atoms in total. The normalized spacial score (nSPS) is 17.9. The second-order valence-electron chi connectivity index (χ2n) is 5.80. The Morgan fingerprint density at radius 3 is 1.68 bits per heavy atom. The fraction of sp³-hybridized carbons (Fsp3) is 0.0476. The van der Waals surface area contributed by atoms with Gasteiger partial charge in [0, 0.05) is 25.5 Å². The third-order valence-corrected chi connectivity index (χ3v) is 9.18. The lowest BCUT2D eigenvalue weighted by Crippen LogP contribution is -1.95. The van der Waals surface area contributed by atoms with Crippen molar-refractivity contribution in [3.63, 3.8) is 0 Å². The summed E-state index contributed by atoms with van der Waals surface area (Å²) < 4.78 is 2.78. The molecule has 2 aromatic rings. The van der Waals surface area contributed by atoms with Crippen molar-refractivity contribution < 1.29 is 0 Å². The zero-order chi connectivity index (χ0) is 16.6. The highest BCUT2D eigenvalue weighted by molar-refractivity contribution is 8.25. The van der Waals surface area contributed by atoms with Gasteiger partial charge in [0.2, 0.25) is 0 Å². The Hall–Kier alpha value is -1.20. The van der Waals surface area contributed by atoms with E-state index in [1.165, 1.54) is 33.6 Å². The Labute approximate surface area is 164 Å². The number of hydrogen-bond acceptors (Lipinski definition) is 4. The van der Waals surface area contributed by atoms with Gasteiger partial charge in [-0.15, -0.1) is 0 Å². The number of benzene rings is 2. The van der Waals surface area contributed by atoms with Gasteiger partial charge in [0.05, 0.1) is 8.47 Å². The molecule has 25 heavy (non-hydrogen) atoms. The monoisotopic (exact) mass is 394 g/mol. The number of allylic oxidation sites excluding steroid dienone is 6. The summed E-state index contributed by atoms with van der Waals surface area (Å²) in [6, 6.07) is 17.4. The molecule has 2 aliphatic heterocycles. The number of fused-ring (bicyclic) bond motifs is 2. The average Bonchev–Trinajstić information content (AvgIpc) is 3.37. The maximum absolute atomic E-state index is 2.40. The summed E-state index contributed by atoms with van der Waals surface area (Å²) in [5, 5.41) is 0. The zero-order valence-corrected chi connectivity index (χ0v) is 16.5. The first-order chi connectivity index (χ1) is 12.4. The topological polar surface area (TPSA) is 0 Å². The van der Waals surface area contributed by atoms with E-state index in [1.807, 2.05) is 47.0 Å². The SMILES string of the molecule is C1=CC(C(C=C2Sc3ccccc3S2)=C2Sc3ccccc3S2)C=C1. The van der Waals surface area contributed by atoms with Crippen LogP contribution in [0.25, 0.3) is 0 Å². The summed E-state index contributed by atoms with van der Waals surface area (Å²) in [4.78, 5) is 5.49. The second kappa shape index (κ2) is 6.84. The molecule has 0 amide bonds. The van der Waals surface area contributed by atoms with Gasteiger partial charge in [-0.1, -0.05) is 95.6 Å². The van der Waals surface area contributed by atoms with Crippen LogP contribution in [0.4, 0.5) is 0 Å². The smallest absolute Gasteiger partial charge is 0.0541 e. The Kier molecular flexibility index (Phi) is 4.38. The summed E-state index contributed by atoms with van der Waals surface area (Å²) in [5.74, 6) is 0.377. The van der Waals surface area contributed by atoms with Crippen molar-refractivity contribution in [1.82, 2.24) is 0 Å². The van der Waals surface area contributed by atoms with E-state index in [0.717, 1.165) is 0 Å². The fourth-order valence-corrected chi connectivity index (χ4v) is 7.93. The molecule has 3 aliphatic rings. The van der Waals surface area contributed by atoms with Crippen LogP contribution in [0.15, 0.2) is 113 Å². The van der Waals surface area contributed by atoms with Crippen LogP contribution >= 0.6 is 47.0 Å². The van der Waals surface area contributed by atoms with Crippen LogP contribution in [-0.4, -0.2) is 0 Å². The van der Waals surface area contributed by atoms with Gasteiger partial charge >= 0.3 is 0 Å². The van der Waals surface area contributed by atoms with Gasteiger partial charge in [-0.05, 0) is 35.9 Å². The highest BCUT2D eigenvalue weighted by Gasteiger charge is 2.25. The second-order valence-corrected chi connectivity index (χ2v) is 10.6. The standard InChI is InChI=1S/C21H14S4/c1-2-8-14(7-1)15(21-24-18-11-5-6-12-19(18)25-21)13-20-22-16-9-3-4-10-17(16)23-20/h1-14H. The van der Waals surface area contributed by atoms with E-state index in [0.29, 0.717) is 5.92 Å². The minimum Gasteiger partial charge on any atom is -0.0815 e. The van der Waals surface area contributed by atoms with Crippen LogP contribution < -0.4 is 0 Å². The number of rotatable bonds is 2. The molecule has 122 valence electrons. The van der Waals surface area contributed by atoms with Crippen molar-refractivity contribution in [1.29, 1.82) is 0 Å². The molecule has 2 aromatic carbocycles. The van der Waals surface area contributed by atoms with Crippen LogP contribution in [0.5, 0.6) is 0 Å². The summed E-state index contributed by atoms with van der Waals surface area (Å²) in [5.41, 5.74) is 1.42. The Balaban J connectivity index is 1.53. The molecule has 0 fully saturated rings. The molecular weight excluding hydrogens is 380 g/mol. The van der Waals surface area contributed by atoms with Gasteiger partial charge in [0.1, 0.15) is 0 Å². The van der Waals surface area contributed by atoms with Gasteiger partial charge in [-0.2, -0.15) is 0 Å². The minimum absolute atomic E-state index is 0.377. The van der Waals surface area contributed by atoms with E-state index in [2.05, 4.69) is 78.9 Å². The average molecular weight is 395 g/mol. The molecule has 4 heteroatoms. The Morgan fingerprint density at radius 2 is 1.16 bits per heavy atom. The van der Waals surface area contributed by atoms with Crippen LogP contribution in [-0.2, 0) is 0 Å². The molecule has 5 rings (SSSR count). The predicted octanol–water partition coefficient (Wildman–Crippen LogP) is 7.58. The van der Waals surface area contributed by atoms with E-state index in [9.17, 15) is 0 Å². The lowest BCUT2D eigenvalue weighted by Gasteiger charge is -2.11. The molecular formula is C21H14S4. The van der Waals surface area contributed by atoms with E-state index in [1.54, 1.807) is 0 Å². The zero-order valence-electron chi connectivity index (χ0n) is 13.2. The van der Waals surface area contributed by atoms with Gasteiger partial charge in [-0.3, -0.25) is 0 Å². The summed E-state index contributed by atoms with van der Waals surface area (Å²) in [6.45, 7) is 0. The highest BCUT2D eigenvalue weighted by Crippen LogP contribution is 2.56. The Bertz CT molecular complexity index is 899. The van der Waals surface area contributed by atoms with Crippen molar-refractivity contribution in [2.75, 3.05) is 0 Å². The number of hydrogen-bond donors (Lipinski definition) is 0. The van der Waals surface area contributed by atoms with E-state index >= 15 is 0 Å². The van der Waals surface area contributed by atoms with E-state index in [4.69, 9.17) is 0 Å². The predicted molar refractivity (Wildman–Crippen MR) is 113 cm³/mol.